The lowest BCUT2D eigenvalue weighted by molar-refractivity contribution is -0.121. The van der Waals surface area contributed by atoms with Gasteiger partial charge in [0, 0.05) is 27.8 Å². The number of nitrogens with one attached hydrogen (secondary N) is 1. The third-order valence-corrected chi connectivity index (χ3v) is 6.84. The summed E-state index contributed by atoms with van der Waals surface area (Å²) in [5.41, 5.74) is 4.72. The van der Waals surface area contributed by atoms with Crippen LogP contribution in [0.1, 0.15) is 42.9 Å². The van der Waals surface area contributed by atoms with Crippen molar-refractivity contribution in [2.45, 2.75) is 53.5 Å². The van der Waals surface area contributed by atoms with Crippen LogP contribution in [0, 0.1) is 20.8 Å². The minimum absolute atomic E-state index is 0.0805. The summed E-state index contributed by atoms with van der Waals surface area (Å²) >= 11 is 7.56. The summed E-state index contributed by atoms with van der Waals surface area (Å²) in [4.78, 5) is 31.3. The maximum absolute atomic E-state index is 13.6. The number of fused-ring (bicyclic) bond motifs is 1. The summed E-state index contributed by atoms with van der Waals surface area (Å²) in [7, 11) is 0. The largest absolute Gasteiger partial charge is 0.353 e. The van der Waals surface area contributed by atoms with Crippen LogP contribution in [0.25, 0.3) is 21.9 Å². The van der Waals surface area contributed by atoms with Crippen LogP contribution in [0.4, 0.5) is 0 Å². The molecule has 1 amide bonds. The summed E-state index contributed by atoms with van der Waals surface area (Å²) in [5.74, 6) is -0.116. The number of carbonyl (C=O) groups is 1. The fourth-order valence-electron chi connectivity index (χ4n) is 3.77. The van der Waals surface area contributed by atoms with E-state index >= 15 is 0 Å². The van der Waals surface area contributed by atoms with Gasteiger partial charge in [0.2, 0.25) is 5.91 Å². The Kier molecular flexibility index (Phi) is 6.41. The number of hydrogen-bond donors (Lipinski definition) is 1. The molecule has 1 aromatic carbocycles. The van der Waals surface area contributed by atoms with Crippen LogP contribution in [0.15, 0.2) is 34.4 Å². The van der Waals surface area contributed by atoms with Gasteiger partial charge in [-0.15, -0.1) is 11.3 Å². The minimum atomic E-state index is -0.224. The second-order valence-electron chi connectivity index (χ2n) is 8.29. The SMILES string of the molecule is CC[C@H](C)NC(=O)Cc1csc2nc(C)c(-c3cc(C)n(-c4cc(Cl)ccc4C)n3)c(=O)n12. The Morgan fingerprint density at radius 1 is 1.24 bits per heavy atom. The number of nitrogens with zero attached hydrogens (tertiary/aromatic N) is 4. The van der Waals surface area contributed by atoms with Crippen molar-refractivity contribution in [1.82, 2.24) is 24.5 Å². The first kappa shape index (κ1) is 23.2. The van der Waals surface area contributed by atoms with E-state index in [4.69, 9.17) is 16.7 Å². The van der Waals surface area contributed by atoms with E-state index in [1.54, 1.807) is 4.68 Å². The number of amides is 1. The highest BCUT2D eigenvalue weighted by molar-refractivity contribution is 7.15. The van der Waals surface area contributed by atoms with E-state index in [-0.39, 0.29) is 23.9 Å². The number of benzene rings is 1. The van der Waals surface area contributed by atoms with Crippen LogP contribution in [0.3, 0.4) is 0 Å². The van der Waals surface area contributed by atoms with Gasteiger partial charge in [0.25, 0.3) is 5.56 Å². The molecular weight excluding hydrogens is 458 g/mol. The molecule has 1 N–H and O–H groups in total. The first-order valence-corrected chi connectivity index (χ1v) is 12.1. The van der Waals surface area contributed by atoms with Crippen molar-refractivity contribution < 1.29 is 4.79 Å². The van der Waals surface area contributed by atoms with Gasteiger partial charge in [-0.25, -0.2) is 9.67 Å². The molecule has 0 bridgehead atoms. The molecule has 33 heavy (non-hydrogen) atoms. The van der Waals surface area contributed by atoms with Crippen LogP contribution in [0.2, 0.25) is 5.02 Å². The van der Waals surface area contributed by atoms with Crippen LogP contribution in [0.5, 0.6) is 0 Å². The van der Waals surface area contributed by atoms with Crippen molar-refractivity contribution in [3.63, 3.8) is 0 Å². The second-order valence-corrected chi connectivity index (χ2v) is 9.56. The van der Waals surface area contributed by atoms with Gasteiger partial charge in [-0.05, 0) is 57.9 Å². The molecule has 7 nitrogen and oxygen atoms in total. The molecule has 0 fully saturated rings. The average Bonchev–Trinajstić information content (AvgIpc) is 3.33. The van der Waals surface area contributed by atoms with Crippen molar-refractivity contribution >= 4 is 33.8 Å². The highest BCUT2D eigenvalue weighted by Crippen LogP contribution is 2.26. The highest BCUT2D eigenvalue weighted by atomic mass is 35.5. The lowest BCUT2D eigenvalue weighted by Gasteiger charge is -2.11. The second kappa shape index (κ2) is 9.11. The maximum atomic E-state index is 13.6. The summed E-state index contributed by atoms with van der Waals surface area (Å²) in [5, 5.41) is 10.1. The molecule has 0 aliphatic carbocycles. The zero-order valence-corrected chi connectivity index (χ0v) is 20.8. The van der Waals surface area contributed by atoms with Crippen molar-refractivity contribution in [2.75, 3.05) is 0 Å². The fourth-order valence-corrected chi connectivity index (χ4v) is 4.86. The van der Waals surface area contributed by atoms with Crippen LogP contribution in [-0.2, 0) is 11.2 Å². The van der Waals surface area contributed by atoms with Crippen LogP contribution < -0.4 is 10.9 Å². The number of thiazole rings is 1. The zero-order valence-electron chi connectivity index (χ0n) is 19.3. The molecule has 3 aromatic heterocycles. The molecule has 3 heterocycles. The Bertz CT molecular complexity index is 1420. The van der Waals surface area contributed by atoms with Gasteiger partial charge < -0.3 is 5.32 Å². The number of carbonyl (C=O) groups excluding carboxylic acids is 1. The third-order valence-electron chi connectivity index (χ3n) is 5.73. The lowest BCUT2D eigenvalue weighted by Crippen LogP contribution is -2.34. The molecule has 0 aliphatic rings. The van der Waals surface area contributed by atoms with E-state index in [1.165, 1.54) is 15.7 Å². The monoisotopic (exact) mass is 483 g/mol. The Morgan fingerprint density at radius 3 is 2.73 bits per heavy atom. The van der Waals surface area contributed by atoms with Crippen molar-refractivity contribution in [1.29, 1.82) is 0 Å². The smallest absolute Gasteiger partial charge is 0.268 e. The van der Waals surface area contributed by atoms with Gasteiger partial charge in [-0.1, -0.05) is 24.6 Å². The summed E-state index contributed by atoms with van der Waals surface area (Å²) in [6.07, 6.45) is 0.957. The number of hydrogen-bond acceptors (Lipinski definition) is 5. The molecule has 4 rings (SSSR count). The van der Waals surface area contributed by atoms with E-state index in [2.05, 4.69) is 10.3 Å². The first-order valence-electron chi connectivity index (χ1n) is 10.8. The Hall–Kier alpha value is -2.97. The van der Waals surface area contributed by atoms with E-state index in [1.807, 2.05) is 64.3 Å². The summed E-state index contributed by atoms with van der Waals surface area (Å²) < 4.78 is 3.32. The van der Waals surface area contributed by atoms with E-state index in [9.17, 15) is 9.59 Å². The normalized spacial score (nSPS) is 12.3. The highest BCUT2D eigenvalue weighted by Gasteiger charge is 2.20. The van der Waals surface area contributed by atoms with Crippen molar-refractivity contribution in [2.24, 2.45) is 0 Å². The lowest BCUT2D eigenvalue weighted by atomic mass is 10.1. The average molecular weight is 484 g/mol. The fraction of sp³-hybridized carbons (Fsp3) is 0.333. The molecular formula is C24H26ClN5O2S. The van der Waals surface area contributed by atoms with E-state index < -0.39 is 0 Å². The van der Waals surface area contributed by atoms with E-state index in [0.717, 1.165) is 23.4 Å². The number of aryl methyl sites for hydroxylation is 3. The van der Waals surface area contributed by atoms with Gasteiger partial charge >= 0.3 is 0 Å². The molecule has 1 atom stereocenters. The van der Waals surface area contributed by atoms with Gasteiger partial charge in [-0.2, -0.15) is 5.10 Å². The minimum Gasteiger partial charge on any atom is -0.353 e. The molecule has 0 saturated carbocycles. The van der Waals surface area contributed by atoms with Crippen LogP contribution in [-0.4, -0.2) is 31.1 Å². The van der Waals surface area contributed by atoms with E-state index in [0.29, 0.717) is 32.6 Å². The quantitative estimate of drug-likeness (QED) is 0.433. The molecule has 0 unspecified atom stereocenters. The topological polar surface area (TPSA) is 81.3 Å². The third kappa shape index (κ3) is 4.45. The predicted octanol–water partition coefficient (Wildman–Crippen LogP) is 4.64. The standard InChI is InChI=1S/C24H26ClN5O2S/c1-6-14(3)26-21(31)11-18-12-33-24-27-16(5)22(23(32)29(18)24)19-9-15(4)30(28-19)20-10-17(25)8-7-13(20)2/h7-10,12,14H,6,11H2,1-5H3,(H,26,31)/t14-/m0/s1. The van der Waals surface area contributed by atoms with Gasteiger partial charge in [0.15, 0.2) is 4.96 Å². The molecule has 9 heteroatoms. The Balaban J connectivity index is 1.80. The molecule has 4 aromatic rings. The van der Waals surface area contributed by atoms with Crippen LogP contribution >= 0.6 is 22.9 Å². The zero-order chi connectivity index (χ0) is 23.9. The molecule has 0 saturated heterocycles. The molecule has 0 spiro atoms. The van der Waals surface area contributed by atoms with Gasteiger partial charge in [-0.3, -0.25) is 14.0 Å². The number of aromatic nitrogens is 4. The summed E-state index contributed by atoms with van der Waals surface area (Å²) in [6.45, 7) is 9.71. The predicted molar refractivity (Wildman–Crippen MR) is 133 cm³/mol. The summed E-state index contributed by atoms with van der Waals surface area (Å²) in [6, 6.07) is 7.59. The first-order chi connectivity index (χ1) is 15.7. The van der Waals surface area contributed by atoms with Crippen molar-refractivity contribution in [3.8, 4) is 16.9 Å². The van der Waals surface area contributed by atoms with Crippen molar-refractivity contribution in [3.05, 3.63) is 67.7 Å². The Labute approximate surface area is 201 Å². The number of halogens is 1. The number of rotatable bonds is 6. The maximum Gasteiger partial charge on any atom is 0.268 e. The van der Waals surface area contributed by atoms with Gasteiger partial charge in [0.1, 0.15) is 5.69 Å². The Morgan fingerprint density at radius 2 is 2.00 bits per heavy atom. The molecule has 172 valence electrons. The molecule has 0 aliphatic heterocycles. The molecule has 0 radical (unpaired) electrons. The van der Waals surface area contributed by atoms with Gasteiger partial charge in [0.05, 0.1) is 23.4 Å².